The van der Waals surface area contributed by atoms with Crippen molar-refractivity contribution in [3.63, 3.8) is 0 Å². The van der Waals surface area contributed by atoms with Gasteiger partial charge in [-0.25, -0.2) is 14.8 Å². The molecule has 2 heterocycles. The van der Waals surface area contributed by atoms with Gasteiger partial charge in [0.1, 0.15) is 23.7 Å². The third-order valence-electron chi connectivity index (χ3n) is 6.12. The number of amides is 1. The van der Waals surface area contributed by atoms with Crippen molar-refractivity contribution in [1.82, 2.24) is 30.3 Å². The molecule has 0 radical (unpaired) electrons. The fourth-order valence-corrected chi connectivity index (χ4v) is 3.92. The molecule has 1 N–H and O–H groups in total. The van der Waals surface area contributed by atoms with Crippen LogP contribution in [0.25, 0.3) is 5.95 Å². The number of nitrogens with one attached hydrogen (secondary N) is 1. The Kier molecular flexibility index (Phi) is 8.98. The second-order valence-electron chi connectivity index (χ2n) is 10.8. The van der Waals surface area contributed by atoms with Crippen LogP contribution in [-0.2, 0) is 16.8 Å². The van der Waals surface area contributed by atoms with Gasteiger partial charge in [-0.05, 0) is 68.7 Å². The molecule has 0 spiro atoms. The number of benzene rings is 2. The number of alkyl carbamates (subject to hydrolysis) is 1. The average molecular weight is 545 g/mol. The van der Waals surface area contributed by atoms with Crippen molar-refractivity contribution in [2.75, 3.05) is 13.2 Å². The highest BCUT2D eigenvalue weighted by Crippen LogP contribution is 2.33. The maximum Gasteiger partial charge on any atom is 0.407 e. The van der Waals surface area contributed by atoms with Gasteiger partial charge in [0.25, 0.3) is 5.95 Å². The topological polar surface area (TPSA) is 113 Å². The molecule has 0 saturated heterocycles. The Morgan fingerprint density at radius 2 is 1.52 bits per heavy atom. The Morgan fingerprint density at radius 1 is 0.875 bits per heavy atom. The van der Waals surface area contributed by atoms with E-state index in [0.717, 1.165) is 22.8 Å². The van der Waals surface area contributed by atoms with Crippen LogP contribution in [0.4, 0.5) is 4.79 Å². The lowest BCUT2D eigenvalue weighted by Crippen LogP contribution is -2.33. The van der Waals surface area contributed by atoms with Crippen LogP contribution >= 0.6 is 0 Å². The normalized spacial score (nSPS) is 11.6. The van der Waals surface area contributed by atoms with Crippen molar-refractivity contribution in [1.29, 1.82) is 0 Å². The lowest BCUT2D eigenvalue weighted by molar-refractivity contribution is 0.0525. The zero-order valence-electron chi connectivity index (χ0n) is 23.6. The van der Waals surface area contributed by atoms with E-state index >= 15 is 0 Å². The Bertz CT molecular complexity index is 1360. The van der Waals surface area contributed by atoms with Crippen LogP contribution in [0.3, 0.4) is 0 Å². The number of aromatic nitrogens is 5. The first-order valence-electron chi connectivity index (χ1n) is 13.2. The summed E-state index contributed by atoms with van der Waals surface area (Å²) in [5, 5.41) is 10.4. The van der Waals surface area contributed by atoms with Gasteiger partial charge >= 0.3 is 6.09 Å². The van der Waals surface area contributed by atoms with Gasteiger partial charge in [-0.2, -0.15) is 4.68 Å². The molecule has 0 aliphatic rings. The fourth-order valence-electron chi connectivity index (χ4n) is 3.92. The van der Waals surface area contributed by atoms with Gasteiger partial charge in [0.05, 0.1) is 24.7 Å². The van der Waals surface area contributed by atoms with E-state index in [-0.39, 0.29) is 5.41 Å². The minimum atomic E-state index is -0.505. The summed E-state index contributed by atoms with van der Waals surface area (Å²) in [6.07, 6.45) is 5.21. The molecule has 210 valence electrons. The SMILES string of the molecule is CC(C)(C)OC(=O)NCCCOc1ccc(C(C)(C)c2ccc(OCc3ccnc(-n4ccnn4)n3)cc2)cc1. The monoisotopic (exact) mass is 544 g/mol. The molecule has 10 heteroatoms. The van der Waals surface area contributed by atoms with E-state index in [9.17, 15) is 4.79 Å². The molecule has 0 bridgehead atoms. The summed E-state index contributed by atoms with van der Waals surface area (Å²) >= 11 is 0. The standard InChI is InChI=1S/C30H36N6O4/c1-29(2,3)40-28(37)32-16-6-20-38-25-11-7-22(8-12-25)30(4,5)23-9-13-26(14-10-23)39-21-24-15-17-31-27(34-24)36-19-18-33-35-36/h7-15,17-19H,6,16,20-21H2,1-5H3,(H,32,37). The van der Waals surface area contributed by atoms with Crippen LogP contribution in [-0.4, -0.2) is 49.8 Å². The van der Waals surface area contributed by atoms with Crippen LogP contribution in [0.2, 0.25) is 0 Å². The highest BCUT2D eigenvalue weighted by molar-refractivity contribution is 5.67. The first-order chi connectivity index (χ1) is 19.1. The lowest BCUT2D eigenvalue weighted by atomic mass is 9.78. The number of hydrogen-bond acceptors (Lipinski definition) is 8. The van der Waals surface area contributed by atoms with E-state index in [1.165, 1.54) is 10.2 Å². The van der Waals surface area contributed by atoms with E-state index in [2.05, 4.69) is 63.7 Å². The van der Waals surface area contributed by atoms with E-state index < -0.39 is 11.7 Å². The molecule has 1 amide bonds. The molecule has 0 atom stereocenters. The molecule has 0 unspecified atom stereocenters. The molecule has 4 aromatic rings. The maximum absolute atomic E-state index is 11.7. The summed E-state index contributed by atoms with van der Waals surface area (Å²) in [7, 11) is 0. The number of rotatable bonds is 11. The van der Waals surface area contributed by atoms with Crippen LogP contribution in [0.5, 0.6) is 11.5 Å². The van der Waals surface area contributed by atoms with Crippen LogP contribution < -0.4 is 14.8 Å². The zero-order chi connectivity index (χ0) is 28.6. The molecule has 2 aromatic carbocycles. The van der Waals surface area contributed by atoms with E-state index in [1.807, 2.05) is 51.1 Å². The Labute approximate surface area is 234 Å². The predicted octanol–water partition coefficient (Wildman–Crippen LogP) is 5.26. The fraction of sp³-hybridized carbons (Fsp3) is 0.367. The van der Waals surface area contributed by atoms with Crippen molar-refractivity contribution >= 4 is 6.09 Å². The van der Waals surface area contributed by atoms with Crippen LogP contribution in [0, 0.1) is 0 Å². The van der Waals surface area contributed by atoms with Crippen LogP contribution in [0.15, 0.2) is 73.2 Å². The van der Waals surface area contributed by atoms with E-state index in [1.54, 1.807) is 18.6 Å². The van der Waals surface area contributed by atoms with Crippen molar-refractivity contribution in [2.24, 2.45) is 0 Å². The molecule has 0 aliphatic heterocycles. The summed E-state index contributed by atoms with van der Waals surface area (Å²) in [4.78, 5) is 20.4. The molecular formula is C30H36N6O4. The Hall–Kier alpha value is -4.47. The minimum absolute atomic E-state index is 0.215. The number of hydrogen-bond donors (Lipinski definition) is 1. The first kappa shape index (κ1) is 28.5. The molecule has 2 aromatic heterocycles. The molecule has 10 nitrogen and oxygen atoms in total. The van der Waals surface area contributed by atoms with Crippen molar-refractivity contribution in [2.45, 2.75) is 58.7 Å². The van der Waals surface area contributed by atoms with Gasteiger partial charge in [-0.3, -0.25) is 0 Å². The number of carbonyl (C=O) groups excluding carboxylic acids is 1. The van der Waals surface area contributed by atoms with Crippen LogP contribution in [0.1, 0.15) is 57.9 Å². The lowest BCUT2D eigenvalue weighted by Gasteiger charge is -2.26. The minimum Gasteiger partial charge on any atom is -0.494 e. The summed E-state index contributed by atoms with van der Waals surface area (Å²) < 4.78 is 18.5. The molecule has 0 fully saturated rings. The van der Waals surface area contributed by atoms with Gasteiger partial charge in [0.15, 0.2) is 0 Å². The Morgan fingerprint density at radius 3 is 2.12 bits per heavy atom. The van der Waals surface area contributed by atoms with Crippen molar-refractivity contribution < 1.29 is 19.0 Å². The molecular weight excluding hydrogens is 508 g/mol. The van der Waals surface area contributed by atoms with Gasteiger partial charge < -0.3 is 19.5 Å². The number of ether oxygens (including phenoxy) is 3. The average Bonchev–Trinajstić information content (AvgIpc) is 3.47. The van der Waals surface area contributed by atoms with Gasteiger partial charge in [-0.15, -0.1) is 5.10 Å². The summed E-state index contributed by atoms with van der Waals surface area (Å²) in [5.41, 5.74) is 2.35. The largest absolute Gasteiger partial charge is 0.494 e. The third-order valence-corrected chi connectivity index (χ3v) is 6.12. The Balaban J connectivity index is 1.26. The summed E-state index contributed by atoms with van der Waals surface area (Å²) in [6, 6.07) is 18.0. The van der Waals surface area contributed by atoms with E-state index in [0.29, 0.717) is 32.1 Å². The molecule has 40 heavy (non-hydrogen) atoms. The van der Waals surface area contributed by atoms with Crippen molar-refractivity contribution in [3.8, 4) is 17.4 Å². The summed E-state index contributed by atoms with van der Waals surface area (Å²) in [6.45, 7) is 11.2. The predicted molar refractivity (Wildman–Crippen MR) is 151 cm³/mol. The highest BCUT2D eigenvalue weighted by Gasteiger charge is 2.23. The second-order valence-corrected chi connectivity index (χ2v) is 10.8. The number of nitrogens with zero attached hydrogens (tertiary/aromatic N) is 5. The number of carbonyl (C=O) groups is 1. The highest BCUT2D eigenvalue weighted by atomic mass is 16.6. The molecule has 4 rings (SSSR count). The second kappa shape index (κ2) is 12.6. The smallest absolute Gasteiger partial charge is 0.407 e. The summed E-state index contributed by atoms with van der Waals surface area (Å²) in [5.74, 6) is 1.99. The third kappa shape index (κ3) is 8.02. The van der Waals surface area contributed by atoms with Gasteiger partial charge in [-0.1, -0.05) is 43.3 Å². The molecule has 0 aliphatic carbocycles. The first-order valence-corrected chi connectivity index (χ1v) is 13.2. The molecule has 0 saturated carbocycles. The van der Waals surface area contributed by atoms with Crippen molar-refractivity contribution in [3.05, 3.63) is 90.0 Å². The van der Waals surface area contributed by atoms with Gasteiger partial charge in [0.2, 0.25) is 0 Å². The maximum atomic E-state index is 11.7. The van der Waals surface area contributed by atoms with E-state index in [4.69, 9.17) is 14.2 Å². The zero-order valence-corrected chi connectivity index (χ0v) is 23.6. The van der Waals surface area contributed by atoms with Gasteiger partial charge in [0, 0.05) is 18.2 Å². The quantitative estimate of drug-likeness (QED) is 0.255.